The highest BCUT2D eigenvalue weighted by molar-refractivity contribution is 9.10. The summed E-state index contributed by atoms with van der Waals surface area (Å²) < 4.78 is 23.5. The molecule has 0 amide bonds. The minimum Gasteiger partial charge on any atom is -0.228 e. The van der Waals surface area contributed by atoms with Crippen molar-refractivity contribution in [3.8, 4) is 0 Å². The third-order valence-electron chi connectivity index (χ3n) is 3.14. The molecule has 3 fully saturated rings. The third-order valence-corrected chi connectivity index (χ3v) is 6.86. The van der Waals surface area contributed by atoms with E-state index in [1.54, 1.807) is 13.8 Å². The summed E-state index contributed by atoms with van der Waals surface area (Å²) in [6.45, 7) is 3.55. The van der Waals surface area contributed by atoms with Gasteiger partial charge in [-0.2, -0.15) is 0 Å². The van der Waals surface area contributed by atoms with Crippen molar-refractivity contribution in [2.45, 2.75) is 47.4 Å². The first kappa shape index (κ1) is 9.00. The van der Waals surface area contributed by atoms with Crippen molar-refractivity contribution in [1.82, 2.24) is 0 Å². The van der Waals surface area contributed by atoms with Gasteiger partial charge in [-0.1, -0.05) is 15.9 Å². The zero-order chi connectivity index (χ0) is 9.20. The quantitative estimate of drug-likeness (QED) is 0.704. The fourth-order valence-electron chi connectivity index (χ4n) is 2.38. The van der Waals surface area contributed by atoms with E-state index in [-0.39, 0.29) is 14.3 Å². The molecule has 0 aromatic carbocycles. The van der Waals surface area contributed by atoms with E-state index in [0.717, 1.165) is 19.3 Å². The van der Waals surface area contributed by atoms with Crippen LogP contribution in [-0.4, -0.2) is 22.7 Å². The highest BCUT2D eigenvalue weighted by atomic mass is 79.9. The van der Waals surface area contributed by atoms with Crippen LogP contribution in [0, 0.1) is 0 Å². The lowest BCUT2D eigenvalue weighted by Gasteiger charge is -2.67. The third kappa shape index (κ3) is 0.830. The molecule has 3 aliphatic carbocycles. The van der Waals surface area contributed by atoms with Gasteiger partial charge in [0.2, 0.25) is 0 Å². The van der Waals surface area contributed by atoms with Gasteiger partial charge < -0.3 is 0 Å². The van der Waals surface area contributed by atoms with Crippen LogP contribution < -0.4 is 0 Å². The lowest BCUT2D eigenvalue weighted by molar-refractivity contribution is 0.0927. The standard InChI is InChI=1S/C8H13BrO2S/c1-6(2)12(10,11)8-3-7(9,4-8)5-8/h6H,3-5H2,1-2H3. The molecule has 0 N–H and O–H groups in total. The Morgan fingerprint density at radius 2 is 1.67 bits per heavy atom. The molecule has 70 valence electrons. The molecule has 3 rings (SSSR count). The summed E-state index contributed by atoms with van der Waals surface area (Å²) in [7, 11) is -2.84. The molecule has 3 saturated carbocycles. The summed E-state index contributed by atoms with van der Waals surface area (Å²) in [5.74, 6) is 0. The molecule has 0 radical (unpaired) electrons. The van der Waals surface area contributed by atoms with Crippen LogP contribution in [0.5, 0.6) is 0 Å². The Kier molecular flexibility index (Phi) is 1.56. The predicted molar refractivity (Wildman–Crippen MR) is 52.3 cm³/mol. The van der Waals surface area contributed by atoms with Crippen LogP contribution in [0.15, 0.2) is 0 Å². The highest BCUT2D eigenvalue weighted by Crippen LogP contribution is 2.69. The van der Waals surface area contributed by atoms with E-state index in [1.807, 2.05) is 0 Å². The normalized spacial score (nSPS) is 45.3. The maximum Gasteiger partial charge on any atom is 0.158 e. The molecular weight excluding hydrogens is 240 g/mol. The largest absolute Gasteiger partial charge is 0.228 e. The van der Waals surface area contributed by atoms with Crippen LogP contribution in [0.1, 0.15) is 33.1 Å². The van der Waals surface area contributed by atoms with Crippen LogP contribution in [0.3, 0.4) is 0 Å². The molecular formula is C8H13BrO2S. The number of sulfone groups is 1. The Balaban J connectivity index is 2.24. The molecule has 12 heavy (non-hydrogen) atoms. The Hall–Kier alpha value is 0.430. The van der Waals surface area contributed by atoms with Crippen molar-refractivity contribution in [1.29, 1.82) is 0 Å². The summed E-state index contributed by atoms with van der Waals surface area (Å²) in [4.78, 5) is 0. The van der Waals surface area contributed by atoms with Crippen LogP contribution in [0.2, 0.25) is 0 Å². The molecule has 0 heterocycles. The fourth-order valence-corrected chi connectivity index (χ4v) is 6.98. The van der Waals surface area contributed by atoms with Gasteiger partial charge in [0.15, 0.2) is 9.84 Å². The molecule has 0 aromatic rings. The van der Waals surface area contributed by atoms with Crippen LogP contribution in [-0.2, 0) is 9.84 Å². The van der Waals surface area contributed by atoms with Gasteiger partial charge in [0.05, 0.1) is 10.00 Å². The first-order chi connectivity index (χ1) is 5.31. The topological polar surface area (TPSA) is 34.1 Å². The molecule has 0 spiro atoms. The van der Waals surface area contributed by atoms with E-state index in [4.69, 9.17) is 0 Å². The highest BCUT2D eigenvalue weighted by Gasteiger charge is 2.73. The van der Waals surface area contributed by atoms with E-state index < -0.39 is 9.84 Å². The van der Waals surface area contributed by atoms with Crippen molar-refractivity contribution >= 4 is 25.8 Å². The molecule has 4 heteroatoms. The SMILES string of the molecule is CC(C)S(=O)(=O)C12CC(Br)(C1)C2. The monoisotopic (exact) mass is 252 g/mol. The Morgan fingerprint density at radius 1 is 1.25 bits per heavy atom. The molecule has 0 aromatic heterocycles. The lowest BCUT2D eigenvalue weighted by atomic mass is 9.55. The number of rotatable bonds is 2. The first-order valence-electron chi connectivity index (χ1n) is 4.24. The number of alkyl halides is 1. The van der Waals surface area contributed by atoms with Crippen molar-refractivity contribution in [2.24, 2.45) is 0 Å². The minimum atomic E-state index is -2.84. The van der Waals surface area contributed by atoms with E-state index in [9.17, 15) is 8.42 Å². The van der Waals surface area contributed by atoms with Crippen molar-refractivity contribution in [2.75, 3.05) is 0 Å². The fraction of sp³-hybridized carbons (Fsp3) is 1.00. The average molecular weight is 253 g/mol. The number of hydrogen-bond acceptors (Lipinski definition) is 2. The molecule has 0 atom stereocenters. The van der Waals surface area contributed by atoms with E-state index in [1.165, 1.54) is 0 Å². The zero-order valence-electron chi connectivity index (χ0n) is 7.30. The minimum absolute atomic E-state index is 0.203. The van der Waals surface area contributed by atoms with Crippen LogP contribution >= 0.6 is 15.9 Å². The molecule has 0 unspecified atom stereocenters. The van der Waals surface area contributed by atoms with E-state index >= 15 is 0 Å². The Labute approximate surface area is 81.8 Å². The van der Waals surface area contributed by atoms with Gasteiger partial charge in [0, 0.05) is 4.32 Å². The van der Waals surface area contributed by atoms with Crippen molar-refractivity contribution < 1.29 is 8.42 Å². The summed E-state index contributed by atoms with van der Waals surface area (Å²) in [5.41, 5.74) is 0. The predicted octanol–water partition coefficient (Wildman–Crippen LogP) is 1.88. The molecule has 2 bridgehead atoms. The second-order valence-corrected chi connectivity index (χ2v) is 9.04. The molecule has 2 nitrogen and oxygen atoms in total. The Morgan fingerprint density at radius 3 is 1.92 bits per heavy atom. The van der Waals surface area contributed by atoms with Gasteiger partial charge in [0.25, 0.3) is 0 Å². The molecule has 0 saturated heterocycles. The maximum absolute atomic E-state index is 11.8. The van der Waals surface area contributed by atoms with Gasteiger partial charge in [-0.15, -0.1) is 0 Å². The number of halogens is 1. The van der Waals surface area contributed by atoms with Gasteiger partial charge in [-0.05, 0) is 33.1 Å². The smallest absolute Gasteiger partial charge is 0.158 e. The van der Waals surface area contributed by atoms with Gasteiger partial charge >= 0.3 is 0 Å². The summed E-state index contributed by atoms with van der Waals surface area (Å²) >= 11 is 3.54. The second-order valence-electron chi connectivity index (χ2n) is 4.46. The Bertz CT molecular complexity index is 298. The van der Waals surface area contributed by atoms with Crippen molar-refractivity contribution in [3.63, 3.8) is 0 Å². The molecule has 0 aliphatic heterocycles. The van der Waals surface area contributed by atoms with Crippen LogP contribution in [0.25, 0.3) is 0 Å². The zero-order valence-corrected chi connectivity index (χ0v) is 9.70. The van der Waals surface area contributed by atoms with Crippen molar-refractivity contribution in [3.05, 3.63) is 0 Å². The van der Waals surface area contributed by atoms with Gasteiger partial charge in [0.1, 0.15) is 0 Å². The van der Waals surface area contributed by atoms with E-state index in [2.05, 4.69) is 15.9 Å². The maximum atomic E-state index is 11.8. The van der Waals surface area contributed by atoms with Crippen LogP contribution in [0.4, 0.5) is 0 Å². The number of hydrogen-bond donors (Lipinski definition) is 0. The lowest BCUT2D eigenvalue weighted by Crippen LogP contribution is -2.73. The van der Waals surface area contributed by atoms with Gasteiger partial charge in [-0.25, -0.2) is 8.42 Å². The second kappa shape index (κ2) is 2.08. The van der Waals surface area contributed by atoms with E-state index in [0.29, 0.717) is 0 Å². The molecule has 3 aliphatic rings. The summed E-state index contributed by atoms with van der Waals surface area (Å²) in [6, 6.07) is 0. The summed E-state index contributed by atoms with van der Waals surface area (Å²) in [6.07, 6.45) is 2.50. The van der Waals surface area contributed by atoms with Gasteiger partial charge in [-0.3, -0.25) is 0 Å². The summed E-state index contributed by atoms with van der Waals surface area (Å²) in [5, 5.41) is -0.213. The first-order valence-corrected chi connectivity index (χ1v) is 6.58. The average Bonchev–Trinajstić information content (AvgIpc) is 1.78.